The minimum atomic E-state index is -2.01. The number of Topliss-reactive ketones (excluding diaryl/α,β-unsaturated/α-hetero) is 1. The number of aliphatic hydroxyl groups is 1. The van der Waals surface area contributed by atoms with Crippen LogP contribution in [0.5, 0.6) is 17.2 Å². The number of fused-ring (bicyclic) bond motifs is 4. The number of nitrogens with one attached hydrogen (secondary N) is 1. The molecular weight excluding hydrogens is 907 g/mol. The monoisotopic (exact) mass is 979 g/mol. The van der Waals surface area contributed by atoms with E-state index in [0.717, 1.165) is 23.5 Å². The number of phenolic OH excluding ortho intramolecular Hbond substituents is 1. The van der Waals surface area contributed by atoms with Gasteiger partial charge in [0.1, 0.15) is 47.5 Å². The lowest BCUT2D eigenvalue weighted by molar-refractivity contribution is -0.985. The highest BCUT2D eigenvalue weighted by Gasteiger charge is 2.56. The first kappa shape index (κ1) is 51.6. The van der Waals surface area contributed by atoms with Gasteiger partial charge in [-0.15, -0.1) is 0 Å². The van der Waals surface area contributed by atoms with Crippen LogP contribution in [0.3, 0.4) is 0 Å². The van der Waals surface area contributed by atoms with Crippen molar-refractivity contribution in [3.8, 4) is 17.2 Å². The lowest BCUT2D eigenvalue weighted by Gasteiger charge is -2.51. The number of aromatic hydroxyl groups is 1. The molecule has 15 nitrogen and oxygen atoms in total. The highest BCUT2D eigenvalue weighted by atomic mass is 16.7. The molecule has 0 radical (unpaired) electrons. The second-order valence-electron chi connectivity index (χ2n) is 22.0. The number of rotatable bonds is 6. The Morgan fingerprint density at radius 3 is 2.38 bits per heavy atom. The number of likely N-dealkylation sites (tertiary alicyclic amines) is 1. The first-order chi connectivity index (χ1) is 33.4. The lowest BCUT2D eigenvalue weighted by atomic mass is 9.73. The number of phenols is 1. The molecule has 4 heterocycles. The summed E-state index contributed by atoms with van der Waals surface area (Å²) in [6, 6.07) is 5.86. The number of aliphatic hydroxyl groups excluding tert-OH is 1. The first-order valence-electron chi connectivity index (χ1n) is 25.1. The van der Waals surface area contributed by atoms with E-state index in [2.05, 4.69) is 26.1 Å². The van der Waals surface area contributed by atoms with Gasteiger partial charge in [-0.1, -0.05) is 52.8 Å². The number of carbonyl (C=O) groups excluding carboxylic acids is 3. The van der Waals surface area contributed by atoms with Crippen LogP contribution in [0, 0.1) is 42.4 Å². The molecule has 3 aromatic carbocycles. The van der Waals surface area contributed by atoms with E-state index in [-0.39, 0.29) is 84.8 Å². The van der Waals surface area contributed by atoms with Gasteiger partial charge in [-0.25, -0.2) is 4.98 Å². The van der Waals surface area contributed by atoms with E-state index in [1.165, 1.54) is 53.4 Å². The van der Waals surface area contributed by atoms with Gasteiger partial charge in [-0.2, -0.15) is 0 Å². The third-order valence-electron chi connectivity index (χ3n) is 16.8. The predicted molar refractivity (Wildman–Crippen MR) is 271 cm³/mol. The number of ether oxygens (including phenoxy) is 5. The quantitative estimate of drug-likeness (QED) is 0.0545. The molecule has 4 aromatic rings. The van der Waals surface area contributed by atoms with Gasteiger partial charge in [0.2, 0.25) is 0 Å². The van der Waals surface area contributed by atoms with Crippen molar-refractivity contribution >= 4 is 56.3 Å². The van der Waals surface area contributed by atoms with E-state index < -0.39 is 58.9 Å². The number of ketones is 1. The first-order valence-corrected chi connectivity index (χ1v) is 25.1. The van der Waals surface area contributed by atoms with Crippen LogP contribution in [-0.2, 0) is 23.8 Å². The second kappa shape index (κ2) is 19.3. The lowest BCUT2D eigenvalue weighted by Crippen LogP contribution is -2.65. The second-order valence-corrected chi connectivity index (χ2v) is 22.0. The molecule has 4 aliphatic rings. The molecule has 2 fully saturated rings. The van der Waals surface area contributed by atoms with E-state index in [0.29, 0.717) is 23.9 Å². The van der Waals surface area contributed by atoms with Crippen LogP contribution in [0.2, 0.25) is 0 Å². The van der Waals surface area contributed by atoms with Crippen LogP contribution < -0.4 is 20.2 Å². The van der Waals surface area contributed by atoms with Crippen LogP contribution in [0.15, 0.2) is 63.6 Å². The van der Waals surface area contributed by atoms with Crippen LogP contribution in [0.1, 0.15) is 111 Å². The maximum Gasteiger partial charge on any atom is 0.312 e. The van der Waals surface area contributed by atoms with E-state index in [1.807, 2.05) is 34.6 Å². The molecule has 1 saturated carbocycles. The van der Waals surface area contributed by atoms with Gasteiger partial charge in [0, 0.05) is 67.7 Å². The van der Waals surface area contributed by atoms with Gasteiger partial charge in [0.05, 0.1) is 47.5 Å². The molecule has 1 aliphatic carbocycles. The zero-order valence-electron chi connectivity index (χ0n) is 43.5. The summed E-state index contributed by atoms with van der Waals surface area (Å²) in [5.74, 6) is -4.60. The average molecular weight is 979 g/mol. The zero-order chi connectivity index (χ0) is 51.6. The molecule has 382 valence electrons. The van der Waals surface area contributed by atoms with Crippen LogP contribution >= 0.6 is 0 Å². The highest BCUT2D eigenvalue weighted by molar-refractivity contribution is 6.26. The number of anilines is 1. The third kappa shape index (κ3) is 9.11. The van der Waals surface area contributed by atoms with Gasteiger partial charge in [-0.3, -0.25) is 19.2 Å². The molecule has 15 heteroatoms. The van der Waals surface area contributed by atoms with Crippen molar-refractivity contribution in [2.75, 3.05) is 32.1 Å². The molecule has 12 atom stereocenters. The maximum atomic E-state index is 14.9. The summed E-state index contributed by atoms with van der Waals surface area (Å²) >= 11 is 0. The normalized spacial score (nSPS) is 33.2. The molecule has 71 heavy (non-hydrogen) atoms. The van der Waals surface area contributed by atoms with Crippen molar-refractivity contribution in [1.29, 1.82) is 0 Å². The number of amides is 1. The van der Waals surface area contributed by atoms with Crippen LogP contribution in [0.4, 0.5) is 5.69 Å². The van der Waals surface area contributed by atoms with E-state index in [4.69, 9.17) is 33.1 Å². The minimum absolute atomic E-state index is 0.0149. The van der Waals surface area contributed by atoms with E-state index in [9.17, 15) is 29.4 Å². The van der Waals surface area contributed by atoms with Gasteiger partial charge in [0.15, 0.2) is 22.3 Å². The predicted octanol–water partition coefficient (Wildman–Crippen LogP) is 9.45. The zero-order valence-corrected chi connectivity index (χ0v) is 43.5. The number of hydrogen-bond donors (Lipinski definition) is 3. The van der Waals surface area contributed by atoms with Crippen molar-refractivity contribution in [1.82, 2.24) is 4.98 Å². The fourth-order valence-electron chi connectivity index (χ4n) is 12.1. The number of piperidine rings is 1. The number of methoxy groups -OCH3 is 1. The Kier molecular flexibility index (Phi) is 14.1. The smallest absolute Gasteiger partial charge is 0.312 e. The van der Waals surface area contributed by atoms with Crippen LogP contribution in [-0.4, -0.2) is 99.8 Å². The van der Waals surface area contributed by atoms with Crippen molar-refractivity contribution < 1.29 is 57.2 Å². The third-order valence-corrected chi connectivity index (χ3v) is 16.8. The standard InChI is InChI=1S/C56H71N3O12/c1-28-15-14-16-29(2)54(65)58-46-49(63)43-42(45-52(46)70-41-26-38(19-20-39(41)57-45)67-24-22-59(55(9,10)11)27-36-17-18-37(59)25-36)44-51(34(7)48(43)62)71-56(12,53(44)64)68-23-21-40(66-13)33(6)50(69-35(8)60)32(5)30(3)31(4)47(28)61/h14-16,19-21,23,26,28,30-33,36-37,40,47,50,61H,17-18,22,24-25,27H2,1-13H3,(H-,57,58,62,63,64,65)/p+1/b15-14+,23-21+,29-16-/t28-,30+,31-,32+,33+,36?,37?,40-,47-,50-,56-,59?/m0/s1. The van der Waals surface area contributed by atoms with Crippen LogP contribution in [0.25, 0.3) is 33.0 Å². The van der Waals surface area contributed by atoms with Crippen molar-refractivity contribution in [3.63, 3.8) is 0 Å². The summed E-state index contributed by atoms with van der Waals surface area (Å²) in [5.41, 5.74) is -0.0941. The fraction of sp³-hybridized carbons (Fsp3) is 0.554. The summed E-state index contributed by atoms with van der Waals surface area (Å²) in [4.78, 5) is 61.1. The number of quaternary nitrogens is 1. The van der Waals surface area contributed by atoms with Crippen molar-refractivity contribution in [3.05, 3.63) is 75.7 Å². The SMILES string of the molecule is CO[C@H]1/C=C/O[C@@]2(C)Oc3c(C)c(=O)c4c(O)c(c5oc6cc(OCC[N+]7(C(C)(C)C)CC8CCC7C8)ccc6nc5c4c3C2=O)NC(=O)/C(C)=C\C=C\[C@H](C)[C@H](O)[C@@H](C)[C@@H](C)[C@@H](C)[C@H](OC(C)=O)[C@@H]1C. The van der Waals surface area contributed by atoms with Gasteiger partial charge in [0.25, 0.3) is 11.7 Å². The minimum Gasteiger partial charge on any atom is -0.505 e. The number of carbonyl (C=O) groups is 3. The molecule has 1 saturated heterocycles. The molecular formula is C56H72N3O12+. The molecule has 0 spiro atoms. The molecule has 3 N–H and O–H groups in total. The van der Waals surface area contributed by atoms with Gasteiger partial charge in [-0.05, 0) is 83.4 Å². The van der Waals surface area contributed by atoms with E-state index in [1.54, 1.807) is 49.4 Å². The Balaban J connectivity index is 1.26. The Morgan fingerprint density at radius 1 is 1.00 bits per heavy atom. The summed E-state index contributed by atoms with van der Waals surface area (Å²) in [5, 5.41) is 26.4. The number of nitrogens with zero attached hydrogens (tertiary/aromatic N) is 2. The van der Waals surface area contributed by atoms with Gasteiger partial charge >= 0.3 is 11.8 Å². The maximum absolute atomic E-state index is 14.9. The number of benzene rings is 3. The summed E-state index contributed by atoms with van der Waals surface area (Å²) in [6.07, 6.45) is 9.60. The summed E-state index contributed by atoms with van der Waals surface area (Å²) in [7, 11) is 1.51. The molecule has 1 aromatic heterocycles. The number of esters is 1. The van der Waals surface area contributed by atoms with Crippen molar-refractivity contribution in [2.45, 2.75) is 138 Å². The Labute approximate surface area is 415 Å². The number of hydrogen-bond acceptors (Lipinski definition) is 13. The topological polar surface area (TPSA) is 193 Å². The molecule has 1 amide bonds. The number of aromatic nitrogens is 1. The van der Waals surface area contributed by atoms with Gasteiger partial charge < -0.3 is 48.1 Å². The van der Waals surface area contributed by atoms with E-state index >= 15 is 0 Å². The Morgan fingerprint density at radius 2 is 1.73 bits per heavy atom. The average Bonchev–Trinajstić information content (AvgIpc) is 4.02. The summed E-state index contributed by atoms with van der Waals surface area (Å²) in [6.45, 7) is 25.0. The molecule has 6 bridgehead atoms. The van der Waals surface area contributed by atoms with Crippen molar-refractivity contribution in [2.24, 2.45) is 35.5 Å². The molecule has 3 unspecified atom stereocenters. The fourth-order valence-corrected chi connectivity index (χ4v) is 12.1. The number of allylic oxidation sites excluding steroid dienone is 2. The molecule has 8 rings (SSSR count). The molecule has 3 aliphatic heterocycles. The highest BCUT2D eigenvalue weighted by Crippen LogP contribution is 2.50. The summed E-state index contributed by atoms with van der Waals surface area (Å²) < 4.78 is 38.4. The Hall–Kier alpha value is -5.77. The Bertz CT molecular complexity index is 2930. The largest absolute Gasteiger partial charge is 0.505 e.